The highest BCUT2D eigenvalue weighted by Crippen LogP contribution is 2.29. The summed E-state index contributed by atoms with van der Waals surface area (Å²) in [6, 6.07) is 6.18. The number of aromatic nitrogens is 3. The van der Waals surface area contributed by atoms with E-state index in [1.54, 1.807) is 28.9 Å². The minimum absolute atomic E-state index is 0.0360. The molecule has 0 saturated carbocycles. The van der Waals surface area contributed by atoms with Crippen LogP contribution in [0.5, 0.6) is 5.75 Å². The van der Waals surface area contributed by atoms with Crippen LogP contribution in [0, 0.1) is 0 Å². The van der Waals surface area contributed by atoms with Crippen molar-refractivity contribution in [2.45, 2.75) is 6.04 Å². The molecule has 0 aliphatic carbocycles. The van der Waals surface area contributed by atoms with Crippen LogP contribution in [0.25, 0.3) is 0 Å². The highest BCUT2D eigenvalue weighted by Gasteiger charge is 2.25. The molecule has 0 spiro atoms. The van der Waals surface area contributed by atoms with Crippen molar-refractivity contribution in [3.05, 3.63) is 47.9 Å². The highest BCUT2D eigenvalue weighted by molar-refractivity contribution is 5.90. The Labute approximate surface area is 107 Å². The standard InChI is InChI=1S/C12H10N4O3/c17-8-3-1-2-7(4-8)10-5-9(11(18)19)15-12-13-6-14-16(10)12/h1-6,10,17H,(H,18,19)(H,13,14,15)/t10-/m0/s1. The zero-order valence-electron chi connectivity index (χ0n) is 9.69. The molecule has 3 N–H and O–H groups in total. The van der Waals surface area contributed by atoms with Crippen LogP contribution in [0.2, 0.25) is 0 Å². The maximum atomic E-state index is 11.1. The van der Waals surface area contributed by atoms with E-state index in [2.05, 4.69) is 15.4 Å². The van der Waals surface area contributed by atoms with Crippen molar-refractivity contribution in [1.82, 2.24) is 14.8 Å². The Morgan fingerprint density at radius 3 is 3.00 bits per heavy atom. The fraction of sp³-hybridized carbons (Fsp3) is 0.0833. The predicted octanol–water partition coefficient (Wildman–Crippen LogP) is 0.967. The molecule has 0 saturated heterocycles. The molecule has 1 aliphatic heterocycles. The van der Waals surface area contributed by atoms with Crippen LogP contribution >= 0.6 is 0 Å². The molecule has 7 nitrogen and oxygen atoms in total. The molecule has 0 unspecified atom stereocenters. The lowest BCUT2D eigenvalue weighted by atomic mass is 10.0. The predicted molar refractivity (Wildman–Crippen MR) is 65.6 cm³/mol. The van der Waals surface area contributed by atoms with Crippen molar-refractivity contribution in [3.8, 4) is 5.75 Å². The van der Waals surface area contributed by atoms with Gasteiger partial charge in [-0.25, -0.2) is 9.48 Å². The van der Waals surface area contributed by atoms with E-state index in [9.17, 15) is 9.90 Å². The molecule has 0 radical (unpaired) electrons. The normalized spacial score (nSPS) is 17.3. The fourth-order valence-electron chi connectivity index (χ4n) is 2.00. The van der Waals surface area contributed by atoms with Gasteiger partial charge in [0.05, 0.1) is 0 Å². The summed E-state index contributed by atoms with van der Waals surface area (Å²) in [5.74, 6) is -0.601. The molecule has 96 valence electrons. The Morgan fingerprint density at radius 2 is 2.26 bits per heavy atom. The number of fused-ring (bicyclic) bond motifs is 1. The monoisotopic (exact) mass is 258 g/mol. The summed E-state index contributed by atoms with van der Waals surface area (Å²) in [5, 5.41) is 25.3. The topological polar surface area (TPSA) is 100 Å². The maximum Gasteiger partial charge on any atom is 0.352 e. The maximum absolute atomic E-state index is 11.1. The largest absolute Gasteiger partial charge is 0.508 e. The van der Waals surface area contributed by atoms with E-state index in [4.69, 9.17) is 5.11 Å². The van der Waals surface area contributed by atoms with Gasteiger partial charge in [0.2, 0.25) is 5.95 Å². The Hall–Kier alpha value is -2.83. The van der Waals surface area contributed by atoms with E-state index < -0.39 is 12.0 Å². The number of benzene rings is 1. The van der Waals surface area contributed by atoms with Crippen LogP contribution in [-0.4, -0.2) is 30.9 Å². The van der Waals surface area contributed by atoms with Gasteiger partial charge in [-0.2, -0.15) is 10.1 Å². The summed E-state index contributed by atoms with van der Waals surface area (Å²) in [4.78, 5) is 15.1. The number of aliphatic carboxylic acids is 1. The van der Waals surface area contributed by atoms with Crippen LogP contribution in [0.3, 0.4) is 0 Å². The van der Waals surface area contributed by atoms with Gasteiger partial charge in [-0.1, -0.05) is 12.1 Å². The molecule has 2 heterocycles. The van der Waals surface area contributed by atoms with Crippen molar-refractivity contribution in [2.24, 2.45) is 0 Å². The minimum Gasteiger partial charge on any atom is -0.508 e. The Bertz CT molecular complexity index is 677. The third-order valence-electron chi connectivity index (χ3n) is 2.85. The zero-order chi connectivity index (χ0) is 13.4. The van der Waals surface area contributed by atoms with Crippen LogP contribution < -0.4 is 5.32 Å². The third kappa shape index (κ3) is 1.90. The molecule has 1 atom stereocenters. The summed E-state index contributed by atoms with van der Waals surface area (Å²) in [7, 11) is 0. The summed E-state index contributed by atoms with van der Waals surface area (Å²) in [6.07, 6.45) is 2.87. The first-order valence-corrected chi connectivity index (χ1v) is 5.56. The molecule has 2 aromatic rings. The second kappa shape index (κ2) is 4.13. The number of allylic oxidation sites excluding steroid dienone is 1. The number of carboxylic acids is 1. The van der Waals surface area contributed by atoms with E-state index in [-0.39, 0.29) is 11.4 Å². The van der Waals surface area contributed by atoms with Gasteiger partial charge in [-0.3, -0.25) is 0 Å². The molecule has 1 aliphatic rings. The van der Waals surface area contributed by atoms with Gasteiger partial charge in [0, 0.05) is 0 Å². The number of hydrogen-bond acceptors (Lipinski definition) is 5. The van der Waals surface area contributed by atoms with Crippen LogP contribution in [0.1, 0.15) is 11.6 Å². The smallest absolute Gasteiger partial charge is 0.352 e. The second-order valence-corrected chi connectivity index (χ2v) is 4.08. The molecule has 7 heteroatoms. The summed E-state index contributed by atoms with van der Waals surface area (Å²) < 4.78 is 1.56. The molecule has 0 amide bonds. The minimum atomic E-state index is -1.07. The SMILES string of the molecule is O=C(O)C1=C[C@@H](c2cccc(O)c2)n2ncnc2N1. The number of phenolic OH excluding ortho intramolecular Hbond substituents is 1. The van der Waals surface area contributed by atoms with Crippen molar-refractivity contribution in [1.29, 1.82) is 0 Å². The van der Waals surface area contributed by atoms with Gasteiger partial charge in [-0.05, 0) is 23.8 Å². The summed E-state index contributed by atoms with van der Waals surface area (Å²) in [5.41, 5.74) is 0.765. The Balaban J connectivity index is 2.11. The second-order valence-electron chi connectivity index (χ2n) is 4.08. The van der Waals surface area contributed by atoms with Crippen molar-refractivity contribution >= 4 is 11.9 Å². The molecule has 19 heavy (non-hydrogen) atoms. The molecule has 1 aromatic carbocycles. The van der Waals surface area contributed by atoms with Gasteiger partial charge < -0.3 is 15.5 Å². The Morgan fingerprint density at radius 1 is 1.42 bits per heavy atom. The molecular formula is C12H10N4O3. The third-order valence-corrected chi connectivity index (χ3v) is 2.85. The lowest BCUT2D eigenvalue weighted by Gasteiger charge is -2.22. The van der Waals surface area contributed by atoms with E-state index in [0.29, 0.717) is 5.95 Å². The van der Waals surface area contributed by atoms with Gasteiger partial charge in [0.1, 0.15) is 23.8 Å². The van der Waals surface area contributed by atoms with E-state index in [1.165, 1.54) is 12.4 Å². The summed E-state index contributed by atoms with van der Waals surface area (Å²) in [6.45, 7) is 0. The first-order chi connectivity index (χ1) is 9.15. The number of anilines is 1. The number of nitrogens with zero attached hydrogens (tertiary/aromatic N) is 3. The molecule has 3 rings (SSSR count). The lowest BCUT2D eigenvalue weighted by molar-refractivity contribution is -0.132. The molecular weight excluding hydrogens is 248 g/mol. The zero-order valence-corrected chi connectivity index (χ0v) is 9.69. The highest BCUT2D eigenvalue weighted by atomic mass is 16.4. The van der Waals surface area contributed by atoms with Gasteiger partial charge in [0.15, 0.2) is 0 Å². The van der Waals surface area contributed by atoms with Crippen LogP contribution in [0.15, 0.2) is 42.4 Å². The van der Waals surface area contributed by atoms with Gasteiger partial charge in [-0.15, -0.1) is 0 Å². The number of phenols is 1. The average molecular weight is 258 g/mol. The quantitative estimate of drug-likeness (QED) is 0.742. The first-order valence-electron chi connectivity index (χ1n) is 5.56. The van der Waals surface area contributed by atoms with E-state index in [0.717, 1.165) is 5.56 Å². The molecule has 0 fully saturated rings. The van der Waals surface area contributed by atoms with Crippen molar-refractivity contribution in [3.63, 3.8) is 0 Å². The van der Waals surface area contributed by atoms with Gasteiger partial charge >= 0.3 is 5.97 Å². The average Bonchev–Trinajstić information content (AvgIpc) is 2.85. The number of hydrogen-bond donors (Lipinski definition) is 3. The number of carboxylic acid groups (broad SMARTS) is 1. The summed E-state index contributed by atoms with van der Waals surface area (Å²) >= 11 is 0. The van der Waals surface area contributed by atoms with Crippen molar-refractivity contribution in [2.75, 3.05) is 5.32 Å². The Kier molecular flexibility index (Phi) is 2.45. The van der Waals surface area contributed by atoms with Gasteiger partial charge in [0.25, 0.3) is 0 Å². The molecule has 0 bridgehead atoms. The van der Waals surface area contributed by atoms with E-state index >= 15 is 0 Å². The number of nitrogens with one attached hydrogen (secondary N) is 1. The molecule has 1 aromatic heterocycles. The van der Waals surface area contributed by atoms with Crippen molar-refractivity contribution < 1.29 is 15.0 Å². The van der Waals surface area contributed by atoms with Crippen LogP contribution in [-0.2, 0) is 4.79 Å². The van der Waals surface area contributed by atoms with Crippen LogP contribution in [0.4, 0.5) is 5.95 Å². The number of carbonyl (C=O) groups is 1. The number of aromatic hydroxyl groups is 1. The first kappa shape index (κ1) is 11.3. The number of rotatable bonds is 2. The lowest BCUT2D eigenvalue weighted by Crippen LogP contribution is -2.24. The fourth-order valence-corrected chi connectivity index (χ4v) is 2.00. The van der Waals surface area contributed by atoms with E-state index in [1.807, 2.05) is 0 Å².